The summed E-state index contributed by atoms with van der Waals surface area (Å²) >= 11 is 0. The molecule has 2 aromatic carbocycles. The van der Waals surface area contributed by atoms with Gasteiger partial charge in [0.15, 0.2) is 0 Å². The van der Waals surface area contributed by atoms with Crippen LogP contribution in [0.15, 0.2) is 48.5 Å². The lowest BCUT2D eigenvalue weighted by Crippen LogP contribution is -2.60. The second-order valence-corrected chi connectivity index (χ2v) is 7.83. The topological polar surface area (TPSA) is 72.8 Å². The van der Waals surface area contributed by atoms with E-state index in [1.165, 1.54) is 16.7 Å². The first-order valence-corrected chi connectivity index (χ1v) is 9.87. The van der Waals surface area contributed by atoms with Gasteiger partial charge in [-0.25, -0.2) is 0 Å². The number of carbonyl (C=O) groups is 1. The van der Waals surface area contributed by atoms with Crippen molar-refractivity contribution < 1.29 is 15.0 Å². The summed E-state index contributed by atoms with van der Waals surface area (Å²) in [6.45, 7) is 5.71. The molecule has 0 aliphatic carbocycles. The molecule has 5 heteroatoms. The van der Waals surface area contributed by atoms with Crippen LogP contribution < -0.4 is 5.32 Å². The maximum Gasteiger partial charge on any atom is 0.227 e. The number of hydrogen-bond acceptors (Lipinski definition) is 4. The van der Waals surface area contributed by atoms with Crippen molar-refractivity contribution in [2.75, 3.05) is 19.6 Å². The van der Waals surface area contributed by atoms with Gasteiger partial charge in [0.05, 0.1) is 6.42 Å². The fraction of sp³-hybridized carbons (Fsp3) is 0.435. The standard InChI is InChI=1S/C23H30N2O3/c1-17-7-6-10-20(18(17)2)14-24-16-23(28)11-12-25(15-21(23)26)22(27)13-19-8-4-3-5-9-19/h3-10,21,24,26,28H,11-16H2,1-2H3/t21-,23-/m0/s1. The number of amides is 1. The Labute approximate surface area is 167 Å². The summed E-state index contributed by atoms with van der Waals surface area (Å²) in [7, 11) is 0. The van der Waals surface area contributed by atoms with Crippen molar-refractivity contribution in [3.8, 4) is 0 Å². The number of β-amino-alcohol motifs (C(OH)–C–C–N with tert-alkyl or cyclic N) is 1. The highest BCUT2D eigenvalue weighted by atomic mass is 16.3. The van der Waals surface area contributed by atoms with Crippen LogP contribution in [-0.2, 0) is 17.8 Å². The van der Waals surface area contributed by atoms with Gasteiger partial charge in [-0.2, -0.15) is 0 Å². The fourth-order valence-corrected chi connectivity index (χ4v) is 3.70. The van der Waals surface area contributed by atoms with Crippen molar-refractivity contribution in [1.29, 1.82) is 0 Å². The predicted octanol–water partition coefficient (Wildman–Crippen LogP) is 1.96. The molecule has 28 heavy (non-hydrogen) atoms. The third-order valence-corrected chi connectivity index (χ3v) is 5.84. The molecule has 0 bridgehead atoms. The molecule has 1 heterocycles. The van der Waals surface area contributed by atoms with Crippen molar-refractivity contribution in [2.45, 2.75) is 44.9 Å². The molecule has 3 rings (SSSR count). The first-order chi connectivity index (χ1) is 13.4. The maximum atomic E-state index is 12.5. The maximum absolute atomic E-state index is 12.5. The molecule has 1 aliphatic heterocycles. The summed E-state index contributed by atoms with van der Waals surface area (Å²) in [5, 5.41) is 24.7. The van der Waals surface area contributed by atoms with Crippen LogP contribution in [0.4, 0.5) is 0 Å². The molecule has 2 atom stereocenters. The van der Waals surface area contributed by atoms with Crippen molar-refractivity contribution in [3.05, 3.63) is 70.8 Å². The van der Waals surface area contributed by atoms with Gasteiger partial charge in [-0.3, -0.25) is 4.79 Å². The van der Waals surface area contributed by atoms with Crippen LogP contribution in [0.25, 0.3) is 0 Å². The third-order valence-electron chi connectivity index (χ3n) is 5.84. The number of nitrogens with one attached hydrogen (secondary N) is 1. The lowest BCUT2D eigenvalue weighted by Gasteiger charge is -2.42. The van der Waals surface area contributed by atoms with E-state index in [1.807, 2.05) is 36.4 Å². The van der Waals surface area contributed by atoms with Crippen molar-refractivity contribution >= 4 is 5.91 Å². The van der Waals surface area contributed by atoms with Gasteiger partial charge in [-0.1, -0.05) is 48.5 Å². The molecule has 0 saturated carbocycles. The van der Waals surface area contributed by atoms with Crippen molar-refractivity contribution in [1.82, 2.24) is 10.2 Å². The zero-order valence-electron chi connectivity index (χ0n) is 16.7. The number of rotatable bonds is 6. The summed E-state index contributed by atoms with van der Waals surface area (Å²) in [6.07, 6.45) is -0.294. The average Bonchev–Trinajstić information content (AvgIpc) is 2.68. The van der Waals surface area contributed by atoms with Crippen LogP contribution >= 0.6 is 0 Å². The molecule has 1 aliphatic rings. The smallest absolute Gasteiger partial charge is 0.227 e. The van der Waals surface area contributed by atoms with E-state index in [0.717, 1.165) is 5.56 Å². The monoisotopic (exact) mass is 382 g/mol. The van der Waals surface area contributed by atoms with Crippen LogP contribution in [0.3, 0.4) is 0 Å². The molecule has 5 nitrogen and oxygen atoms in total. The Bertz CT molecular complexity index is 809. The van der Waals surface area contributed by atoms with E-state index < -0.39 is 11.7 Å². The van der Waals surface area contributed by atoms with Gasteiger partial charge in [-0.15, -0.1) is 0 Å². The van der Waals surface area contributed by atoms with E-state index >= 15 is 0 Å². The number of aliphatic hydroxyl groups is 2. The number of piperidine rings is 1. The molecule has 2 aromatic rings. The highest BCUT2D eigenvalue weighted by molar-refractivity contribution is 5.79. The van der Waals surface area contributed by atoms with Gasteiger partial charge in [0, 0.05) is 26.2 Å². The predicted molar refractivity (Wildman–Crippen MR) is 110 cm³/mol. The van der Waals surface area contributed by atoms with E-state index in [4.69, 9.17) is 0 Å². The molecule has 3 N–H and O–H groups in total. The summed E-state index contributed by atoms with van der Waals surface area (Å²) < 4.78 is 0. The summed E-state index contributed by atoms with van der Waals surface area (Å²) in [5.74, 6) is -0.0179. The number of aryl methyl sites for hydroxylation is 1. The SMILES string of the molecule is Cc1cccc(CNC[C@@]2(O)CCN(C(=O)Cc3ccccc3)C[C@@H]2O)c1C. The number of nitrogens with zero attached hydrogens (tertiary/aromatic N) is 1. The van der Waals surface area contributed by atoms with Crippen molar-refractivity contribution in [2.24, 2.45) is 0 Å². The zero-order valence-corrected chi connectivity index (χ0v) is 16.7. The Kier molecular flexibility index (Phi) is 6.50. The normalized spacial score (nSPS) is 22.3. The van der Waals surface area contributed by atoms with E-state index in [2.05, 4.69) is 31.3 Å². The molecular formula is C23H30N2O3. The zero-order chi connectivity index (χ0) is 20.1. The van der Waals surface area contributed by atoms with Gasteiger partial charge < -0.3 is 20.4 Å². The highest BCUT2D eigenvalue weighted by Gasteiger charge is 2.41. The second-order valence-electron chi connectivity index (χ2n) is 7.83. The van der Waals surface area contributed by atoms with E-state index in [9.17, 15) is 15.0 Å². The fourth-order valence-electron chi connectivity index (χ4n) is 3.70. The van der Waals surface area contributed by atoms with Crippen LogP contribution in [0, 0.1) is 13.8 Å². The van der Waals surface area contributed by atoms with E-state index in [0.29, 0.717) is 32.5 Å². The molecule has 0 unspecified atom stereocenters. The second kappa shape index (κ2) is 8.86. The van der Waals surface area contributed by atoms with Crippen LogP contribution in [-0.4, -0.2) is 52.4 Å². The Morgan fingerprint density at radius 2 is 1.93 bits per heavy atom. The quantitative estimate of drug-likeness (QED) is 0.714. The Morgan fingerprint density at radius 3 is 2.64 bits per heavy atom. The molecule has 0 aromatic heterocycles. The molecule has 150 valence electrons. The van der Waals surface area contributed by atoms with Gasteiger partial charge in [0.2, 0.25) is 5.91 Å². The van der Waals surface area contributed by atoms with Gasteiger partial charge in [0.25, 0.3) is 0 Å². The number of likely N-dealkylation sites (tertiary alicyclic amines) is 1. The lowest BCUT2D eigenvalue weighted by atomic mass is 9.88. The first-order valence-electron chi connectivity index (χ1n) is 9.87. The van der Waals surface area contributed by atoms with Gasteiger partial charge >= 0.3 is 0 Å². The summed E-state index contributed by atoms with van der Waals surface area (Å²) in [6, 6.07) is 15.8. The first kappa shape index (κ1) is 20.5. The molecule has 0 spiro atoms. The number of aliphatic hydroxyl groups excluding tert-OH is 1. The summed E-state index contributed by atoms with van der Waals surface area (Å²) in [5.41, 5.74) is 3.40. The largest absolute Gasteiger partial charge is 0.388 e. The minimum atomic E-state index is -1.22. The molecule has 1 amide bonds. The average molecular weight is 383 g/mol. The summed E-state index contributed by atoms with van der Waals surface area (Å²) in [4.78, 5) is 14.2. The van der Waals surface area contributed by atoms with E-state index in [-0.39, 0.29) is 12.5 Å². The number of hydrogen-bond donors (Lipinski definition) is 3. The molecular weight excluding hydrogens is 352 g/mol. The Morgan fingerprint density at radius 1 is 1.18 bits per heavy atom. The number of carbonyl (C=O) groups excluding carboxylic acids is 1. The third kappa shape index (κ3) is 4.79. The van der Waals surface area contributed by atoms with Crippen LogP contribution in [0.2, 0.25) is 0 Å². The minimum Gasteiger partial charge on any atom is -0.388 e. The van der Waals surface area contributed by atoms with Gasteiger partial charge in [-0.05, 0) is 42.5 Å². The van der Waals surface area contributed by atoms with Crippen molar-refractivity contribution in [3.63, 3.8) is 0 Å². The molecule has 0 radical (unpaired) electrons. The minimum absolute atomic E-state index is 0.0179. The van der Waals surface area contributed by atoms with Crippen LogP contribution in [0.5, 0.6) is 0 Å². The highest BCUT2D eigenvalue weighted by Crippen LogP contribution is 2.23. The van der Waals surface area contributed by atoms with E-state index in [1.54, 1.807) is 4.90 Å². The lowest BCUT2D eigenvalue weighted by molar-refractivity contribution is -0.148. The molecule has 1 saturated heterocycles. The van der Waals surface area contributed by atoms with Crippen LogP contribution in [0.1, 0.15) is 28.7 Å². The Hall–Kier alpha value is -2.21. The number of benzene rings is 2. The van der Waals surface area contributed by atoms with Gasteiger partial charge in [0.1, 0.15) is 11.7 Å². The Balaban J connectivity index is 1.52. The molecule has 1 fully saturated rings.